The first-order valence-electron chi connectivity index (χ1n) is 10.8. The summed E-state index contributed by atoms with van der Waals surface area (Å²) in [5.41, 5.74) is 3.66. The van der Waals surface area contributed by atoms with E-state index in [1.165, 1.54) is 0 Å². The van der Waals surface area contributed by atoms with E-state index in [9.17, 15) is 14.4 Å². The second-order valence-corrected chi connectivity index (χ2v) is 9.32. The van der Waals surface area contributed by atoms with Crippen LogP contribution in [0.1, 0.15) is 42.3 Å². The molecule has 0 bridgehead atoms. The van der Waals surface area contributed by atoms with E-state index >= 15 is 0 Å². The average Bonchev–Trinajstić information content (AvgIpc) is 3.41. The number of ether oxygens (including phenoxy) is 2. The van der Waals surface area contributed by atoms with Crippen LogP contribution in [0.15, 0.2) is 29.6 Å². The van der Waals surface area contributed by atoms with Crippen LogP contribution in [0.2, 0.25) is 0 Å². The normalized spacial score (nSPS) is 22.7. The molecule has 2 N–H and O–H groups in total. The SMILES string of the molecule is CC[C@@]1(C)NC(=O)N(NC(=O)CN2CCc3cc(OC)c(OC)cc3[C@@H]2c2cccs2)C1=O. The first-order valence-corrected chi connectivity index (χ1v) is 11.7. The molecule has 2 aliphatic heterocycles. The summed E-state index contributed by atoms with van der Waals surface area (Å²) in [4.78, 5) is 41.0. The molecule has 1 aromatic heterocycles. The van der Waals surface area contributed by atoms with Crippen molar-refractivity contribution in [2.75, 3.05) is 27.3 Å². The molecule has 0 spiro atoms. The Morgan fingerprint density at radius 1 is 1.27 bits per heavy atom. The number of thiophene rings is 1. The van der Waals surface area contributed by atoms with E-state index in [0.717, 1.165) is 27.4 Å². The Morgan fingerprint density at radius 2 is 2.00 bits per heavy atom. The van der Waals surface area contributed by atoms with Crippen molar-refractivity contribution in [1.29, 1.82) is 0 Å². The molecule has 1 fully saturated rings. The topological polar surface area (TPSA) is 100 Å². The van der Waals surface area contributed by atoms with Crippen molar-refractivity contribution in [3.8, 4) is 11.5 Å². The fourth-order valence-electron chi connectivity index (χ4n) is 4.32. The number of carbonyl (C=O) groups is 3. The number of urea groups is 1. The number of methoxy groups -OCH3 is 2. The summed E-state index contributed by atoms with van der Waals surface area (Å²) < 4.78 is 11.0. The van der Waals surface area contributed by atoms with Gasteiger partial charge in [-0.05, 0) is 54.5 Å². The second kappa shape index (κ2) is 9.03. The maximum Gasteiger partial charge on any atom is 0.344 e. The maximum absolute atomic E-state index is 12.9. The molecule has 33 heavy (non-hydrogen) atoms. The zero-order valence-corrected chi connectivity index (χ0v) is 20.0. The lowest BCUT2D eigenvalue weighted by atomic mass is 9.91. The van der Waals surface area contributed by atoms with E-state index in [0.29, 0.717) is 24.5 Å². The quantitative estimate of drug-likeness (QED) is 0.601. The summed E-state index contributed by atoms with van der Waals surface area (Å²) in [6.45, 7) is 4.11. The number of hydrazine groups is 1. The molecule has 4 amide bonds. The summed E-state index contributed by atoms with van der Waals surface area (Å²) in [6, 6.07) is 7.19. The number of nitrogens with zero attached hydrogens (tertiary/aromatic N) is 2. The third kappa shape index (κ3) is 4.16. The van der Waals surface area contributed by atoms with E-state index in [4.69, 9.17) is 9.47 Å². The number of benzene rings is 1. The lowest BCUT2D eigenvalue weighted by molar-refractivity contribution is -0.139. The number of amides is 4. The number of rotatable bonds is 7. The van der Waals surface area contributed by atoms with Gasteiger partial charge in [-0.25, -0.2) is 4.79 Å². The standard InChI is InChI=1S/C23H28N4O5S/c1-5-23(2)21(29)27(22(30)24-23)25-19(28)13-26-9-8-14-11-16(31-3)17(32-4)12-15(14)20(26)18-7-6-10-33-18/h6-7,10-12,20H,5,8-9,13H2,1-4H3,(H,24,30)(H,25,28)/t20-,23-/m1/s1. The number of nitrogens with one attached hydrogen (secondary N) is 2. The van der Waals surface area contributed by atoms with Gasteiger partial charge in [-0.3, -0.25) is 19.9 Å². The molecule has 3 heterocycles. The van der Waals surface area contributed by atoms with E-state index in [1.54, 1.807) is 32.5 Å². The molecular weight excluding hydrogens is 444 g/mol. The van der Waals surface area contributed by atoms with Gasteiger partial charge in [0.05, 0.1) is 26.8 Å². The monoisotopic (exact) mass is 472 g/mol. The molecule has 1 saturated heterocycles. The molecule has 0 radical (unpaired) electrons. The molecule has 0 saturated carbocycles. The number of hydrogen-bond acceptors (Lipinski definition) is 7. The van der Waals surface area contributed by atoms with Gasteiger partial charge < -0.3 is 14.8 Å². The zero-order chi connectivity index (χ0) is 23.8. The third-order valence-electron chi connectivity index (χ3n) is 6.34. The van der Waals surface area contributed by atoms with Crippen molar-refractivity contribution >= 4 is 29.2 Å². The number of carbonyl (C=O) groups excluding carboxylic acids is 3. The highest BCUT2D eigenvalue weighted by Crippen LogP contribution is 2.42. The smallest absolute Gasteiger partial charge is 0.344 e. The summed E-state index contributed by atoms with van der Waals surface area (Å²) in [5, 5.41) is 5.43. The predicted octanol–water partition coefficient (Wildman–Crippen LogP) is 2.46. The van der Waals surface area contributed by atoms with Crippen LogP contribution in [0.25, 0.3) is 0 Å². The van der Waals surface area contributed by atoms with Gasteiger partial charge in [0.1, 0.15) is 5.54 Å². The van der Waals surface area contributed by atoms with Gasteiger partial charge in [-0.2, -0.15) is 5.01 Å². The average molecular weight is 473 g/mol. The van der Waals surface area contributed by atoms with Crippen LogP contribution in [0.4, 0.5) is 4.79 Å². The van der Waals surface area contributed by atoms with Gasteiger partial charge in [-0.1, -0.05) is 13.0 Å². The first-order chi connectivity index (χ1) is 15.8. The van der Waals surface area contributed by atoms with Gasteiger partial charge in [0, 0.05) is 11.4 Å². The van der Waals surface area contributed by atoms with Crippen molar-refractivity contribution < 1.29 is 23.9 Å². The second-order valence-electron chi connectivity index (χ2n) is 8.34. The van der Waals surface area contributed by atoms with Crippen LogP contribution < -0.4 is 20.2 Å². The Labute approximate surface area is 196 Å². The minimum atomic E-state index is -1.01. The number of imide groups is 1. The summed E-state index contributed by atoms with van der Waals surface area (Å²) >= 11 is 1.61. The highest BCUT2D eigenvalue weighted by molar-refractivity contribution is 7.10. The Bertz CT molecular complexity index is 1070. The van der Waals surface area contributed by atoms with Crippen molar-refractivity contribution in [3.05, 3.63) is 45.6 Å². The zero-order valence-electron chi connectivity index (χ0n) is 19.1. The van der Waals surface area contributed by atoms with E-state index in [2.05, 4.69) is 10.7 Å². The Kier molecular flexibility index (Phi) is 6.31. The number of hydrogen-bond donors (Lipinski definition) is 2. The van der Waals surface area contributed by atoms with Crippen molar-refractivity contribution in [1.82, 2.24) is 20.7 Å². The van der Waals surface area contributed by atoms with E-state index in [1.807, 2.05) is 41.5 Å². The summed E-state index contributed by atoms with van der Waals surface area (Å²) in [6.07, 6.45) is 1.15. The highest BCUT2D eigenvalue weighted by Gasteiger charge is 2.47. The largest absolute Gasteiger partial charge is 0.493 e. The molecule has 2 aromatic rings. The van der Waals surface area contributed by atoms with Gasteiger partial charge in [0.25, 0.3) is 11.8 Å². The molecule has 9 nitrogen and oxygen atoms in total. The lowest BCUT2D eigenvalue weighted by Gasteiger charge is -2.37. The molecule has 176 valence electrons. The van der Waals surface area contributed by atoms with Crippen LogP contribution >= 0.6 is 11.3 Å². The molecule has 10 heteroatoms. The molecular formula is C23H28N4O5S. The summed E-state index contributed by atoms with van der Waals surface area (Å²) in [5.74, 6) is 0.413. The molecule has 2 aliphatic rings. The first kappa shape index (κ1) is 23.1. The maximum atomic E-state index is 12.9. The van der Waals surface area contributed by atoms with Crippen molar-refractivity contribution in [3.63, 3.8) is 0 Å². The fourth-order valence-corrected chi connectivity index (χ4v) is 5.19. The van der Waals surface area contributed by atoms with E-state index in [-0.39, 0.29) is 12.6 Å². The van der Waals surface area contributed by atoms with Crippen LogP contribution in [0, 0.1) is 0 Å². The fraction of sp³-hybridized carbons (Fsp3) is 0.435. The molecule has 2 atom stereocenters. The van der Waals surface area contributed by atoms with Gasteiger partial charge in [0.2, 0.25) is 0 Å². The predicted molar refractivity (Wildman–Crippen MR) is 123 cm³/mol. The molecule has 0 aliphatic carbocycles. The van der Waals surface area contributed by atoms with Crippen LogP contribution in [0.3, 0.4) is 0 Å². The van der Waals surface area contributed by atoms with Crippen molar-refractivity contribution in [2.24, 2.45) is 0 Å². The highest BCUT2D eigenvalue weighted by atomic mass is 32.1. The Hall–Kier alpha value is -3.11. The third-order valence-corrected chi connectivity index (χ3v) is 7.26. The summed E-state index contributed by atoms with van der Waals surface area (Å²) in [7, 11) is 3.21. The Balaban J connectivity index is 1.58. The molecule has 0 unspecified atom stereocenters. The van der Waals surface area contributed by atoms with Gasteiger partial charge in [-0.15, -0.1) is 11.3 Å². The van der Waals surface area contributed by atoms with Gasteiger partial charge in [0.15, 0.2) is 11.5 Å². The Morgan fingerprint density at radius 3 is 2.61 bits per heavy atom. The molecule has 4 rings (SSSR count). The van der Waals surface area contributed by atoms with Crippen LogP contribution in [-0.2, 0) is 16.0 Å². The van der Waals surface area contributed by atoms with Crippen LogP contribution in [0.5, 0.6) is 11.5 Å². The van der Waals surface area contributed by atoms with Gasteiger partial charge >= 0.3 is 6.03 Å². The lowest BCUT2D eigenvalue weighted by Crippen LogP contribution is -2.52. The minimum Gasteiger partial charge on any atom is -0.493 e. The molecule has 1 aromatic carbocycles. The van der Waals surface area contributed by atoms with Crippen LogP contribution in [-0.4, -0.2) is 60.6 Å². The van der Waals surface area contributed by atoms with Crippen molar-refractivity contribution in [2.45, 2.75) is 38.3 Å². The minimum absolute atomic E-state index is 0.0241. The van der Waals surface area contributed by atoms with E-state index < -0.39 is 23.4 Å². The number of fused-ring (bicyclic) bond motifs is 1.